The number of alkyl carbamates (subject to hydrolysis) is 1. The molecule has 0 aliphatic heterocycles. The van der Waals surface area contributed by atoms with E-state index >= 15 is 0 Å². The van der Waals surface area contributed by atoms with E-state index in [0.29, 0.717) is 0 Å². The summed E-state index contributed by atoms with van der Waals surface area (Å²) in [6.45, 7) is 12.2. The average Bonchev–Trinajstić information content (AvgIpc) is 2.75. The highest BCUT2D eigenvalue weighted by Gasteiger charge is 2.34. The van der Waals surface area contributed by atoms with Gasteiger partial charge in [-0.15, -0.1) is 0 Å². The Balaban J connectivity index is 2.90. The fraction of sp³-hybridized carbons (Fsp3) is 0.714. The first-order chi connectivity index (χ1) is 9.37. The van der Waals surface area contributed by atoms with Gasteiger partial charge in [0, 0.05) is 0 Å². The van der Waals surface area contributed by atoms with E-state index in [4.69, 9.17) is 14.5 Å². The number of hydrogen-bond acceptors (Lipinski definition) is 6. The molecule has 1 N–H and O–H groups in total. The first kappa shape index (κ1) is 17.0. The molecule has 7 nitrogen and oxygen atoms in total. The van der Waals surface area contributed by atoms with Gasteiger partial charge in [-0.25, -0.2) is 4.79 Å². The van der Waals surface area contributed by atoms with Gasteiger partial charge in [0.1, 0.15) is 16.6 Å². The summed E-state index contributed by atoms with van der Waals surface area (Å²) in [4.78, 5) is 16.0. The summed E-state index contributed by atoms with van der Waals surface area (Å²) in [5.74, 6) is 0.491. The van der Waals surface area contributed by atoms with Crippen LogP contribution in [0.5, 0.6) is 0 Å². The number of nitrogens with one attached hydrogen (secondary N) is 1. The predicted octanol–water partition coefficient (Wildman–Crippen LogP) is 2.63. The van der Waals surface area contributed by atoms with Crippen LogP contribution in [0.15, 0.2) is 4.52 Å². The van der Waals surface area contributed by atoms with Crippen LogP contribution in [-0.4, -0.2) is 21.8 Å². The fourth-order valence-corrected chi connectivity index (χ4v) is 1.39. The van der Waals surface area contributed by atoms with Gasteiger partial charge in [-0.3, -0.25) is 0 Å². The number of rotatable bonds is 3. The molecule has 0 spiro atoms. The molecule has 1 aromatic heterocycles. The van der Waals surface area contributed by atoms with E-state index in [-0.39, 0.29) is 11.7 Å². The largest absolute Gasteiger partial charge is 0.444 e. The number of carbonyl (C=O) groups is 1. The maximum absolute atomic E-state index is 11.8. The van der Waals surface area contributed by atoms with Crippen LogP contribution in [0.25, 0.3) is 0 Å². The summed E-state index contributed by atoms with van der Waals surface area (Å²) in [5, 5.41) is 15.6. The third-order valence-electron chi connectivity index (χ3n) is 2.61. The maximum Gasteiger partial charge on any atom is 0.408 e. The lowest BCUT2D eigenvalue weighted by Crippen LogP contribution is -2.44. The highest BCUT2D eigenvalue weighted by Crippen LogP contribution is 2.24. The Labute approximate surface area is 124 Å². The zero-order chi connectivity index (χ0) is 16.5. The van der Waals surface area contributed by atoms with Gasteiger partial charge < -0.3 is 14.6 Å². The van der Waals surface area contributed by atoms with Gasteiger partial charge in [0.2, 0.25) is 5.89 Å². The predicted molar refractivity (Wildman–Crippen MR) is 75.3 cm³/mol. The molecular weight excluding hydrogens is 272 g/mol. The number of ether oxygens (including phenoxy) is 1. The SMILES string of the molecule is CC(C)(C)OC(=O)NC(C)(C)c1noc(C(C)(C)C#N)n1. The number of carbonyl (C=O) groups excluding carboxylic acids is 1. The molecule has 1 aromatic rings. The van der Waals surface area contributed by atoms with Crippen molar-refractivity contribution in [3.8, 4) is 6.07 Å². The second-order valence-electron chi connectivity index (χ2n) is 6.91. The lowest BCUT2D eigenvalue weighted by atomic mass is 9.96. The van der Waals surface area contributed by atoms with E-state index in [9.17, 15) is 4.79 Å². The van der Waals surface area contributed by atoms with E-state index in [1.54, 1.807) is 48.5 Å². The Morgan fingerprint density at radius 1 is 1.24 bits per heavy atom. The molecule has 0 aromatic carbocycles. The number of hydrogen-bond donors (Lipinski definition) is 1. The zero-order valence-corrected chi connectivity index (χ0v) is 13.6. The van der Waals surface area contributed by atoms with Gasteiger partial charge in [-0.1, -0.05) is 5.16 Å². The van der Waals surface area contributed by atoms with Crippen LogP contribution in [0.3, 0.4) is 0 Å². The van der Waals surface area contributed by atoms with Crippen molar-refractivity contribution in [1.29, 1.82) is 5.26 Å². The summed E-state index contributed by atoms with van der Waals surface area (Å²) in [7, 11) is 0. The third-order valence-corrected chi connectivity index (χ3v) is 2.61. The molecule has 0 bridgehead atoms. The van der Waals surface area contributed by atoms with E-state index in [0.717, 1.165) is 0 Å². The molecule has 0 atom stereocenters. The smallest absolute Gasteiger partial charge is 0.408 e. The monoisotopic (exact) mass is 294 g/mol. The maximum atomic E-state index is 11.8. The topological polar surface area (TPSA) is 101 Å². The summed E-state index contributed by atoms with van der Waals surface area (Å²) < 4.78 is 10.3. The minimum absolute atomic E-state index is 0.207. The molecule has 0 radical (unpaired) electrons. The Bertz CT molecular complexity index is 562. The molecule has 1 rings (SSSR count). The van der Waals surface area contributed by atoms with Gasteiger partial charge in [0.25, 0.3) is 0 Å². The second kappa shape index (κ2) is 5.35. The number of nitrogens with zero attached hydrogens (tertiary/aromatic N) is 3. The molecule has 1 amide bonds. The van der Waals surface area contributed by atoms with E-state index in [1.807, 2.05) is 0 Å². The summed E-state index contributed by atoms with van der Waals surface area (Å²) >= 11 is 0. The normalized spacial score (nSPS) is 12.7. The molecule has 0 unspecified atom stereocenters. The Hall–Kier alpha value is -2.10. The van der Waals surface area contributed by atoms with Crippen LogP contribution in [0.1, 0.15) is 60.2 Å². The average molecular weight is 294 g/mol. The van der Waals surface area contributed by atoms with Gasteiger partial charge in [-0.2, -0.15) is 10.2 Å². The minimum atomic E-state index is -0.882. The molecule has 0 saturated carbocycles. The van der Waals surface area contributed by atoms with Crippen molar-refractivity contribution < 1.29 is 14.1 Å². The molecule has 0 saturated heterocycles. The molecule has 0 aliphatic rings. The zero-order valence-electron chi connectivity index (χ0n) is 13.6. The van der Waals surface area contributed by atoms with Crippen LogP contribution in [0.2, 0.25) is 0 Å². The first-order valence-corrected chi connectivity index (χ1v) is 6.64. The van der Waals surface area contributed by atoms with Crippen molar-refractivity contribution in [2.45, 2.75) is 65.0 Å². The quantitative estimate of drug-likeness (QED) is 0.919. The number of aromatic nitrogens is 2. The van der Waals surface area contributed by atoms with Gasteiger partial charge >= 0.3 is 6.09 Å². The van der Waals surface area contributed by atoms with Gasteiger partial charge in [0.05, 0.1) is 6.07 Å². The number of nitriles is 1. The van der Waals surface area contributed by atoms with Crippen LogP contribution < -0.4 is 5.32 Å². The van der Waals surface area contributed by atoms with E-state index < -0.39 is 22.6 Å². The minimum Gasteiger partial charge on any atom is -0.444 e. The molecule has 116 valence electrons. The Morgan fingerprint density at radius 2 is 1.81 bits per heavy atom. The molecule has 21 heavy (non-hydrogen) atoms. The van der Waals surface area contributed by atoms with Crippen LogP contribution in [0, 0.1) is 11.3 Å². The second-order valence-corrected chi connectivity index (χ2v) is 6.91. The van der Waals surface area contributed by atoms with Crippen LogP contribution in [-0.2, 0) is 15.7 Å². The fourth-order valence-electron chi connectivity index (χ4n) is 1.39. The van der Waals surface area contributed by atoms with Crippen molar-refractivity contribution in [1.82, 2.24) is 15.5 Å². The molecule has 0 aliphatic carbocycles. The standard InChI is InChI=1S/C14H22N4O3/c1-12(2,3)20-11(19)17-14(6,7)9-16-10(21-18-9)13(4,5)8-15/h1-7H3,(H,17,19). The highest BCUT2D eigenvalue weighted by molar-refractivity contribution is 5.68. The third kappa shape index (κ3) is 4.45. The summed E-state index contributed by atoms with van der Waals surface area (Å²) in [6, 6.07) is 2.09. The molecular formula is C14H22N4O3. The molecule has 0 fully saturated rings. The summed E-state index contributed by atoms with van der Waals surface area (Å²) in [6.07, 6.45) is -0.571. The van der Waals surface area contributed by atoms with E-state index in [2.05, 4.69) is 21.5 Å². The Morgan fingerprint density at radius 3 is 2.29 bits per heavy atom. The van der Waals surface area contributed by atoms with E-state index in [1.165, 1.54) is 0 Å². The van der Waals surface area contributed by atoms with Crippen molar-refractivity contribution in [2.75, 3.05) is 0 Å². The lowest BCUT2D eigenvalue weighted by Gasteiger charge is -2.26. The van der Waals surface area contributed by atoms with Crippen molar-refractivity contribution in [3.63, 3.8) is 0 Å². The van der Waals surface area contributed by atoms with Crippen molar-refractivity contribution in [3.05, 3.63) is 11.7 Å². The van der Waals surface area contributed by atoms with Crippen LogP contribution >= 0.6 is 0 Å². The van der Waals surface area contributed by atoms with Gasteiger partial charge in [0.15, 0.2) is 5.82 Å². The summed E-state index contributed by atoms with van der Waals surface area (Å²) in [5.41, 5.74) is -2.35. The number of amides is 1. The van der Waals surface area contributed by atoms with Crippen molar-refractivity contribution in [2.24, 2.45) is 0 Å². The first-order valence-electron chi connectivity index (χ1n) is 6.64. The van der Waals surface area contributed by atoms with Crippen molar-refractivity contribution >= 4 is 6.09 Å². The Kier molecular flexibility index (Phi) is 4.32. The van der Waals surface area contributed by atoms with Crippen LogP contribution in [0.4, 0.5) is 4.79 Å². The van der Waals surface area contributed by atoms with Gasteiger partial charge in [-0.05, 0) is 48.5 Å². The molecule has 7 heteroatoms. The molecule has 1 heterocycles. The lowest BCUT2D eigenvalue weighted by molar-refractivity contribution is 0.0465. The highest BCUT2D eigenvalue weighted by atomic mass is 16.6.